The van der Waals surface area contributed by atoms with E-state index in [1.807, 2.05) is 50.2 Å². The first-order valence-corrected chi connectivity index (χ1v) is 10.6. The molecule has 0 unspecified atom stereocenters. The van der Waals surface area contributed by atoms with Gasteiger partial charge in [-0.2, -0.15) is 10.2 Å². The summed E-state index contributed by atoms with van der Waals surface area (Å²) < 4.78 is 3.94. The highest BCUT2D eigenvalue weighted by atomic mass is 15.3. The Morgan fingerprint density at radius 3 is 2.37 bits per heavy atom. The van der Waals surface area contributed by atoms with E-state index in [0.29, 0.717) is 6.04 Å². The summed E-state index contributed by atoms with van der Waals surface area (Å²) in [6.07, 6.45) is 16.8. The van der Waals surface area contributed by atoms with E-state index in [0.717, 1.165) is 39.6 Å². The lowest BCUT2D eigenvalue weighted by molar-refractivity contribution is 0.266. The topological polar surface area (TPSA) is 61.4 Å². The van der Waals surface area contributed by atoms with Gasteiger partial charge in [-0.15, -0.1) is 0 Å². The Labute approximate surface area is 176 Å². The molecule has 0 spiro atoms. The maximum absolute atomic E-state index is 4.63. The van der Waals surface area contributed by atoms with Gasteiger partial charge in [0.15, 0.2) is 5.82 Å². The largest absolute Gasteiger partial charge is 0.275 e. The SMILES string of the molecule is C[C@@H]1CCC[C@H](n2cc(-c3cnc(-c4cccc(-c5cnn(C)c5)c4)nc3)cn2)C1. The summed E-state index contributed by atoms with van der Waals surface area (Å²) in [7, 11) is 1.92. The molecule has 0 radical (unpaired) electrons. The van der Waals surface area contributed by atoms with E-state index in [4.69, 9.17) is 0 Å². The third-order valence-electron chi connectivity index (χ3n) is 6.03. The van der Waals surface area contributed by atoms with Crippen molar-refractivity contribution in [3.8, 4) is 33.6 Å². The molecule has 6 heteroatoms. The third kappa shape index (κ3) is 3.77. The average Bonchev–Trinajstić information content (AvgIpc) is 3.44. The quantitative estimate of drug-likeness (QED) is 0.476. The second-order valence-electron chi connectivity index (χ2n) is 8.41. The highest BCUT2D eigenvalue weighted by molar-refractivity contribution is 5.70. The Bertz CT molecular complexity index is 1140. The molecule has 1 aliphatic rings. The van der Waals surface area contributed by atoms with Crippen LogP contribution in [0.3, 0.4) is 0 Å². The summed E-state index contributed by atoms with van der Waals surface area (Å²) in [6, 6.07) is 8.77. The van der Waals surface area contributed by atoms with Gasteiger partial charge in [-0.1, -0.05) is 38.0 Å². The van der Waals surface area contributed by atoms with Gasteiger partial charge in [-0.3, -0.25) is 9.36 Å². The van der Waals surface area contributed by atoms with Crippen LogP contribution >= 0.6 is 0 Å². The molecular weight excluding hydrogens is 372 g/mol. The van der Waals surface area contributed by atoms with E-state index in [2.05, 4.69) is 50.1 Å². The third-order valence-corrected chi connectivity index (χ3v) is 6.03. The van der Waals surface area contributed by atoms with Crippen LogP contribution in [0.15, 0.2) is 61.4 Å². The molecule has 3 heterocycles. The minimum atomic E-state index is 0.512. The molecule has 30 heavy (non-hydrogen) atoms. The molecule has 3 aromatic heterocycles. The maximum Gasteiger partial charge on any atom is 0.159 e. The highest BCUT2D eigenvalue weighted by Crippen LogP contribution is 2.33. The zero-order valence-corrected chi connectivity index (χ0v) is 17.4. The van der Waals surface area contributed by atoms with Crippen molar-refractivity contribution < 1.29 is 0 Å². The molecule has 1 aromatic carbocycles. The molecule has 1 aliphatic carbocycles. The Morgan fingerprint density at radius 2 is 1.60 bits per heavy atom. The normalized spacial score (nSPS) is 19.1. The molecule has 2 atom stereocenters. The Kier molecular flexibility index (Phi) is 4.91. The monoisotopic (exact) mass is 398 g/mol. The van der Waals surface area contributed by atoms with Crippen molar-refractivity contribution in [3.05, 3.63) is 61.4 Å². The molecule has 0 N–H and O–H groups in total. The first-order chi connectivity index (χ1) is 14.7. The van der Waals surface area contributed by atoms with Gasteiger partial charge in [-0.05, 0) is 30.4 Å². The average molecular weight is 399 g/mol. The van der Waals surface area contributed by atoms with Crippen LogP contribution in [-0.4, -0.2) is 29.5 Å². The van der Waals surface area contributed by atoms with E-state index < -0.39 is 0 Å². The van der Waals surface area contributed by atoms with Gasteiger partial charge in [0.1, 0.15) is 0 Å². The van der Waals surface area contributed by atoms with Crippen LogP contribution in [0.4, 0.5) is 0 Å². The lowest BCUT2D eigenvalue weighted by Crippen LogP contribution is -2.17. The number of hydrogen-bond acceptors (Lipinski definition) is 4. The van der Waals surface area contributed by atoms with E-state index in [1.54, 1.807) is 4.68 Å². The summed E-state index contributed by atoms with van der Waals surface area (Å²) >= 11 is 0. The van der Waals surface area contributed by atoms with Gasteiger partial charge in [0.05, 0.1) is 18.4 Å². The molecule has 0 amide bonds. The fourth-order valence-electron chi connectivity index (χ4n) is 4.36. The van der Waals surface area contributed by atoms with Crippen LogP contribution in [0, 0.1) is 5.92 Å². The van der Waals surface area contributed by atoms with Crippen molar-refractivity contribution in [2.75, 3.05) is 0 Å². The summed E-state index contributed by atoms with van der Waals surface area (Å²) in [5.74, 6) is 1.50. The van der Waals surface area contributed by atoms with Gasteiger partial charge in [-0.25, -0.2) is 9.97 Å². The molecule has 1 saturated carbocycles. The molecule has 5 rings (SSSR count). The van der Waals surface area contributed by atoms with Crippen LogP contribution in [-0.2, 0) is 7.05 Å². The van der Waals surface area contributed by atoms with Crippen molar-refractivity contribution in [2.24, 2.45) is 13.0 Å². The van der Waals surface area contributed by atoms with Crippen molar-refractivity contribution in [1.82, 2.24) is 29.5 Å². The zero-order chi connectivity index (χ0) is 20.5. The molecule has 0 bridgehead atoms. The van der Waals surface area contributed by atoms with Crippen molar-refractivity contribution in [2.45, 2.75) is 38.6 Å². The fourth-order valence-corrected chi connectivity index (χ4v) is 4.36. The van der Waals surface area contributed by atoms with E-state index in [-0.39, 0.29) is 0 Å². The van der Waals surface area contributed by atoms with Gasteiger partial charge in [0.2, 0.25) is 0 Å². The van der Waals surface area contributed by atoms with Crippen LogP contribution in [0.5, 0.6) is 0 Å². The molecule has 0 aliphatic heterocycles. The number of benzene rings is 1. The maximum atomic E-state index is 4.63. The molecule has 0 saturated heterocycles. The fraction of sp³-hybridized carbons (Fsp3) is 0.333. The van der Waals surface area contributed by atoms with Crippen molar-refractivity contribution in [3.63, 3.8) is 0 Å². The van der Waals surface area contributed by atoms with Crippen molar-refractivity contribution >= 4 is 0 Å². The molecule has 6 nitrogen and oxygen atoms in total. The van der Waals surface area contributed by atoms with Crippen LogP contribution in [0.1, 0.15) is 38.6 Å². The molecular formula is C24H26N6. The smallest absolute Gasteiger partial charge is 0.159 e. The summed E-state index contributed by atoms with van der Waals surface area (Å²) in [5.41, 5.74) is 5.26. The molecule has 1 fully saturated rings. The Balaban J connectivity index is 1.36. The minimum Gasteiger partial charge on any atom is -0.275 e. The van der Waals surface area contributed by atoms with Gasteiger partial charge >= 0.3 is 0 Å². The van der Waals surface area contributed by atoms with Gasteiger partial charge < -0.3 is 0 Å². The van der Waals surface area contributed by atoms with Crippen LogP contribution in [0.25, 0.3) is 33.6 Å². The predicted molar refractivity (Wildman–Crippen MR) is 118 cm³/mol. The van der Waals surface area contributed by atoms with E-state index in [9.17, 15) is 0 Å². The lowest BCUT2D eigenvalue weighted by Gasteiger charge is -2.26. The number of nitrogens with zero attached hydrogens (tertiary/aromatic N) is 6. The summed E-state index contributed by atoms with van der Waals surface area (Å²) in [4.78, 5) is 9.26. The predicted octanol–water partition coefficient (Wildman–Crippen LogP) is 5.16. The lowest BCUT2D eigenvalue weighted by atomic mass is 9.87. The van der Waals surface area contributed by atoms with Gasteiger partial charge in [0, 0.05) is 54.1 Å². The number of rotatable bonds is 4. The Hall–Kier alpha value is -3.28. The molecule has 4 aromatic rings. The molecule has 152 valence electrons. The first-order valence-electron chi connectivity index (χ1n) is 10.6. The number of aryl methyl sites for hydroxylation is 1. The second-order valence-corrected chi connectivity index (χ2v) is 8.41. The van der Waals surface area contributed by atoms with Crippen molar-refractivity contribution in [1.29, 1.82) is 0 Å². The zero-order valence-electron chi connectivity index (χ0n) is 17.4. The number of hydrogen-bond donors (Lipinski definition) is 0. The van der Waals surface area contributed by atoms with Crippen LogP contribution < -0.4 is 0 Å². The highest BCUT2D eigenvalue weighted by Gasteiger charge is 2.21. The van der Waals surface area contributed by atoms with E-state index in [1.165, 1.54) is 25.7 Å². The summed E-state index contributed by atoms with van der Waals surface area (Å²) in [6.45, 7) is 2.34. The van der Waals surface area contributed by atoms with E-state index >= 15 is 0 Å². The number of aromatic nitrogens is 6. The minimum absolute atomic E-state index is 0.512. The van der Waals surface area contributed by atoms with Gasteiger partial charge in [0.25, 0.3) is 0 Å². The standard InChI is InChI=1S/C24H26N6/c1-17-5-3-8-23(9-17)30-16-22(14-28-30)20-11-25-24(26-12-20)19-7-4-6-18(10-19)21-13-27-29(2)15-21/h4,6-7,10-17,23H,3,5,8-9H2,1-2H3/t17-,23+/m1/s1. The summed E-state index contributed by atoms with van der Waals surface area (Å²) in [5, 5.41) is 8.89. The second kappa shape index (κ2) is 7.86. The Morgan fingerprint density at radius 1 is 0.833 bits per heavy atom. The van der Waals surface area contributed by atoms with Crippen LogP contribution in [0.2, 0.25) is 0 Å². The first kappa shape index (κ1) is 18.7.